The van der Waals surface area contributed by atoms with Crippen LogP contribution in [0.15, 0.2) is 24.4 Å². The van der Waals surface area contributed by atoms with Gasteiger partial charge < -0.3 is 4.74 Å². The molecule has 0 aliphatic carbocycles. The van der Waals surface area contributed by atoms with Crippen molar-refractivity contribution in [3.05, 3.63) is 35.5 Å². The summed E-state index contributed by atoms with van der Waals surface area (Å²) in [7, 11) is 1.65. The van der Waals surface area contributed by atoms with Gasteiger partial charge >= 0.3 is 0 Å². The van der Waals surface area contributed by atoms with Crippen LogP contribution in [0.25, 0.3) is 10.8 Å². The average Bonchev–Trinajstić information content (AvgIpc) is 2.17. The van der Waals surface area contributed by atoms with Crippen LogP contribution in [-0.4, -0.2) is 12.1 Å². The van der Waals surface area contributed by atoms with Gasteiger partial charge in [-0.3, -0.25) is 0 Å². The Morgan fingerprint density at radius 2 is 1.93 bits per heavy atom. The topological polar surface area (TPSA) is 22.1 Å². The number of benzene rings is 1. The number of rotatable bonds is 1. The number of pyridine rings is 1. The summed E-state index contributed by atoms with van der Waals surface area (Å²) in [5, 5.41) is 2.30. The van der Waals surface area contributed by atoms with Crippen molar-refractivity contribution in [3.8, 4) is 5.88 Å². The first-order chi connectivity index (χ1) is 6.72. The number of methoxy groups -OCH3 is 1. The molecule has 0 bridgehead atoms. The second kappa shape index (κ2) is 3.29. The lowest BCUT2D eigenvalue weighted by molar-refractivity contribution is 0.403. The number of hydrogen-bond donors (Lipinski definition) is 0. The molecule has 1 heterocycles. The molecule has 72 valence electrons. The molecule has 0 N–H and O–H groups in total. The van der Waals surface area contributed by atoms with Gasteiger partial charge in [-0.05, 0) is 36.9 Å². The average molecular weight is 187 g/mol. The van der Waals surface area contributed by atoms with Crippen molar-refractivity contribution < 1.29 is 4.74 Å². The number of hydrogen-bond acceptors (Lipinski definition) is 2. The van der Waals surface area contributed by atoms with Gasteiger partial charge in [0.25, 0.3) is 0 Å². The molecule has 0 saturated heterocycles. The minimum atomic E-state index is 0.703. The number of aryl methyl sites for hydroxylation is 2. The molecule has 0 aliphatic heterocycles. The zero-order valence-corrected chi connectivity index (χ0v) is 8.66. The maximum absolute atomic E-state index is 5.23. The summed E-state index contributed by atoms with van der Waals surface area (Å²) >= 11 is 0. The molecular weight excluding hydrogens is 174 g/mol. The third-order valence-corrected chi connectivity index (χ3v) is 2.39. The fraction of sp³-hybridized carbons (Fsp3) is 0.250. The lowest BCUT2D eigenvalue weighted by atomic mass is 10.0. The highest BCUT2D eigenvalue weighted by atomic mass is 16.5. The Hall–Kier alpha value is -1.57. The van der Waals surface area contributed by atoms with Gasteiger partial charge in [0, 0.05) is 11.6 Å². The molecule has 2 rings (SSSR count). The Kier molecular flexibility index (Phi) is 2.12. The van der Waals surface area contributed by atoms with E-state index in [1.54, 1.807) is 13.3 Å². The Morgan fingerprint density at radius 3 is 2.64 bits per heavy atom. The van der Waals surface area contributed by atoms with Crippen molar-refractivity contribution in [1.82, 2.24) is 4.98 Å². The first kappa shape index (κ1) is 9.00. The minimum absolute atomic E-state index is 0.703. The van der Waals surface area contributed by atoms with E-state index in [2.05, 4.69) is 31.0 Å². The van der Waals surface area contributed by atoms with Crippen molar-refractivity contribution in [3.63, 3.8) is 0 Å². The second-order valence-electron chi connectivity index (χ2n) is 3.50. The van der Waals surface area contributed by atoms with E-state index < -0.39 is 0 Å². The van der Waals surface area contributed by atoms with Crippen LogP contribution in [-0.2, 0) is 0 Å². The lowest BCUT2D eigenvalue weighted by Gasteiger charge is -2.07. The van der Waals surface area contributed by atoms with E-state index in [0.29, 0.717) is 5.88 Å². The van der Waals surface area contributed by atoms with Crippen molar-refractivity contribution in [1.29, 1.82) is 0 Å². The molecule has 0 saturated carbocycles. The maximum atomic E-state index is 5.23. The lowest BCUT2D eigenvalue weighted by Crippen LogP contribution is -1.90. The molecule has 0 amide bonds. The molecule has 2 aromatic rings. The summed E-state index contributed by atoms with van der Waals surface area (Å²) in [4.78, 5) is 4.19. The zero-order chi connectivity index (χ0) is 10.1. The summed E-state index contributed by atoms with van der Waals surface area (Å²) in [5.41, 5.74) is 2.50. The smallest absolute Gasteiger partial charge is 0.221 e. The van der Waals surface area contributed by atoms with Crippen molar-refractivity contribution in [2.45, 2.75) is 13.8 Å². The Morgan fingerprint density at radius 1 is 1.14 bits per heavy atom. The van der Waals surface area contributed by atoms with Crippen LogP contribution in [0.2, 0.25) is 0 Å². The monoisotopic (exact) mass is 187 g/mol. The van der Waals surface area contributed by atoms with Crippen LogP contribution in [0.5, 0.6) is 5.88 Å². The van der Waals surface area contributed by atoms with Crippen molar-refractivity contribution in [2.24, 2.45) is 0 Å². The number of nitrogens with zero attached hydrogens (tertiary/aromatic N) is 1. The molecule has 0 aliphatic rings. The third-order valence-electron chi connectivity index (χ3n) is 2.39. The van der Waals surface area contributed by atoms with Crippen LogP contribution in [0.1, 0.15) is 11.1 Å². The van der Waals surface area contributed by atoms with Crippen LogP contribution >= 0.6 is 0 Å². The summed E-state index contributed by atoms with van der Waals surface area (Å²) in [6.45, 7) is 4.19. The predicted octanol–water partition coefficient (Wildman–Crippen LogP) is 2.86. The first-order valence-electron chi connectivity index (χ1n) is 4.62. The van der Waals surface area contributed by atoms with E-state index in [0.717, 1.165) is 5.39 Å². The SMILES string of the molecule is COc1nccc2c(C)cc(C)cc12. The number of fused-ring (bicyclic) bond motifs is 1. The van der Waals surface area contributed by atoms with Crippen LogP contribution < -0.4 is 4.74 Å². The molecule has 0 fully saturated rings. The predicted molar refractivity (Wildman–Crippen MR) is 57.8 cm³/mol. The van der Waals surface area contributed by atoms with Crippen molar-refractivity contribution >= 4 is 10.8 Å². The van der Waals surface area contributed by atoms with Gasteiger partial charge in [-0.1, -0.05) is 11.6 Å². The van der Waals surface area contributed by atoms with Gasteiger partial charge in [-0.15, -0.1) is 0 Å². The largest absolute Gasteiger partial charge is 0.481 e. The molecule has 2 nitrogen and oxygen atoms in total. The normalized spacial score (nSPS) is 10.5. The molecule has 0 radical (unpaired) electrons. The van der Waals surface area contributed by atoms with E-state index in [1.165, 1.54) is 16.5 Å². The van der Waals surface area contributed by atoms with E-state index in [-0.39, 0.29) is 0 Å². The Bertz CT molecular complexity index is 477. The molecule has 2 heteroatoms. The van der Waals surface area contributed by atoms with Crippen LogP contribution in [0.4, 0.5) is 0 Å². The number of aromatic nitrogens is 1. The Labute approximate surface area is 83.5 Å². The number of ether oxygens (including phenoxy) is 1. The highest BCUT2D eigenvalue weighted by molar-refractivity contribution is 5.89. The van der Waals surface area contributed by atoms with E-state index in [4.69, 9.17) is 4.74 Å². The Balaban J connectivity index is 2.86. The molecule has 0 atom stereocenters. The standard InChI is InChI=1S/C12H13NO/c1-8-6-9(2)10-4-5-13-12(14-3)11(10)7-8/h4-7H,1-3H3. The van der Waals surface area contributed by atoms with Crippen LogP contribution in [0, 0.1) is 13.8 Å². The molecule has 14 heavy (non-hydrogen) atoms. The minimum Gasteiger partial charge on any atom is -0.481 e. The van der Waals surface area contributed by atoms with E-state index in [1.807, 2.05) is 6.07 Å². The summed E-state index contributed by atoms with van der Waals surface area (Å²) in [6.07, 6.45) is 1.78. The third kappa shape index (κ3) is 1.33. The zero-order valence-electron chi connectivity index (χ0n) is 8.66. The summed E-state index contributed by atoms with van der Waals surface area (Å²) < 4.78 is 5.23. The molecule has 0 spiro atoms. The fourth-order valence-corrected chi connectivity index (χ4v) is 1.79. The van der Waals surface area contributed by atoms with E-state index >= 15 is 0 Å². The van der Waals surface area contributed by atoms with E-state index in [9.17, 15) is 0 Å². The summed E-state index contributed by atoms with van der Waals surface area (Å²) in [5.74, 6) is 0.703. The van der Waals surface area contributed by atoms with Gasteiger partial charge in [-0.25, -0.2) is 4.98 Å². The quantitative estimate of drug-likeness (QED) is 0.684. The first-order valence-corrected chi connectivity index (χ1v) is 4.62. The van der Waals surface area contributed by atoms with Crippen LogP contribution in [0.3, 0.4) is 0 Å². The van der Waals surface area contributed by atoms with Gasteiger partial charge in [0.05, 0.1) is 7.11 Å². The van der Waals surface area contributed by atoms with Gasteiger partial charge in [0.2, 0.25) is 5.88 Å². The summed E-state index contributed by atoms with van der Waals surface area (Å²) in [6, 6.07) is 6.29. The van der Waals surface area contributed by atoms with Gasteiger partial charge in [0.15, 0.2) is 0 Å². The molecule has 1 aromatic carbocycles. The molecule has 1 aromatic heterocycles. The molecule has 0 unspecified atom stereocenters. The molecular formula is C12H13NO. The fourth-order valence-electron chi connectivity index (χ4n) is 1.79. The van der Waals surface area contributed by atoms with Crippen molar-refractivity contribution in [2.75, 3.05) is 7.11 Å². The second-order valence-corrected chi connectivity index (χ2v) is 3.50. The highest BCUT2D eigenvalue weighted by Crippen LogP contribution is 2.26. The highest BCUT2D eigenvalue weighted by Gasteiger charge is 2.04. The van der Waals surface area contributed by atoms with Gasteiger partial charge in [0.1, 0.15) is 0 Å². The van der Waals surface area contributed by atoms with Gasteiger partial charge in [-0.2, -0.15) is 0 Å². The maximum Gasteiger partial charge on any atom is 0.221 e.